The monoisotopic (exact) mass is 231 g/mol. The van der Waals surface area contributed by atoms with E-state index < -0.39 is 18.2 Å². The molecule has 5 N–H and O–H groups in total. The average Bonchev–Trinajstić information content (AvgIpc) is 2.65. The zero-order chi connectivity index (χ0) is 11.4. The number of nitrogens with two attached hydrogens (primary N) is 1. The quantitative estimate of drug-likeness (QED) is 0.579. The van der Waals surface area contributed by atoms with E-state index in [-0.39, 0.29) is 17.8 Å². The molecule has 0 saturated heterocycles. The van der Waals surface area contributed by atoms with Crippen molar-refractivity contribution in [2.24, 2.45) is 5.73 Å². The fraction of sp³-hybridized carbons (Fsp3) is 0.444. The molecule has 0 saturated carbocycles. The predicted octanol–water partition coefficient (Wildman–Crippen LogP) is 0.189. The maximum atomic E-state index is 10.6. The average molecular weight is 231 g/mol. The minimum Gasteiger partial charge on any atom is -0.477 e. The molecule has 0 aliphatic rings. The van der Waals surface area contributed by atoms with Crippen LogP contribution in [0.2, 0.25) is 0 Å². The molecule has 0 aromatic carbocycles. The Balaban J connectivity index is 2.73. The second kappa shape index (κ2) is 5.22. The highest BCUT2D eigenvalue weighted by Gasteiger charge is 2.20. The van der Waals surface area contributed by atoms with Crippen molar-refractivity contribution in [1.29, 1.82) is 0 Å². The van der Waals surface area contributed by atoms with Crippen molar-refractivity contribution in [3.63, 3.8) is 0 Å². The van der Waals surface area contributed by atoms with E-state index in [9.17, 15) is 15.0 Å². The Morgan fingerprint density at radius 2 is 2.13 bits per heavy atom. The lowest BCUT2D eigenvalue weighted by Gasteiger charge is -2.15. The molecule has 0 amide bonds. The van der Waals surface area contributed by atoms with Crippen LogP contribution < -0.4 is 5.73 Å². The largest absolute Gasteiger partial charge is 0.477 e. The van der Waals surface area contributed by atoms with Gasteiger partial charge in [-0.25, -0.2) is 4.79 Å². The van der Waals surface area contributed by atoms with Gasteiger partial charge in [0.05, 0.1) is 6.10 Å². The molecule has 0 aliphatic heterocycles. The summed E-state index contributed by atoms with van der Waals surface area (Å²) in [6.45, 7) is 0.273. The number of aliphatic hydroxyl groups is 2. The Bertz CT molecular complexity index is 339. The van der Waals surface area contributed by atoms with Gasteiger partial charge in [0.15, 0.2) is 0 Å². The number of carboxylic acid groups (broad SMARTS) is 1. The third kappa shape index (κ3) is 3.00. The van der Waals surface area contributed by atoms with Crippen LogP contribution in [0.15, 0.2) is 12.1 Å². The highest BCUT2D eigenvalue weighted by atomic mass is 32.1. The van der Waals surface area contributed by atoms with E-state index in [1.807, 2.05) is 0 Å². The van der Waals surface area contributed by atoms with Gasteiger partial charge < -0.3 is 21.1 Å². The number of thiophene rings is 1. The molecule has 2 atom stereocenters. The Labute approximate surface area is 90.8 Å². The molecule has 15 heavy (non-hydrogen) atoms. The summed E-state index contributed by atoms with van der Waals surface area (Å²) >= 11 is 0.953. The molecule has 0 aliphatic carbocycles. The summed E-state index contributed by atoms with van der Waals surface area (Å²) in [5.41, 5.74) is 5.24. The molecule has 84 valence electrons. The maximum Gasteiger partial charge on any atom is 0.345 e. The Morgan fingerprint density at radius 1 is 1.47 bits per heavy atom. The van der Waals surface area contributed by atoms with E-state index in [0.29, 0.717) is 4.88 Å². The summed E-state index contributed by atoms with van der Waals surface area (Å²) in [5.74, 6) is -1.04. The highest BCUT2D eigenvalue weighted by molar-refractivity contribution is 7.14. The van der Waals surface area contributed by atoms with Gasteiger partial charge in [0.1, 0.15) is 11.0 Å². The first-order valence-electron chi connectivity index (χ1n) is 4.45. The third-order valence-corrected chi connectivity index (χ3v) is 3.10. The first-order chi connectivity index (χ1) is 7.06. The SMILES string of the molecule is NCCC(O)C(O)c1ccc(C(=O)O)s1. The molecule has 1 heterocycles. The van der Waals surface area contributed by atoms with Gasteiger partial charge in [0.2, 0.25) is 0 Å². The third-order valence-electron chi connectivity index (χ3n) is 1.96. The van der Waals surface area contributed by atoms with Gasteiger partial charge in [-0.1, -0.05) is 0 Å². The van der Waals surface area contributed by atoms with Gasteiger partial charge in [0.25, 0.3) is 0 Å². The van der Waals surface area contributed by atoms with Crippen LogP contribution in [0.25, 0.3) is 0 Å². The molecule has 0 radical (unpaired) electrons. The van der Waals surface area contributed by atoms with Gasteiger partial charge in [-0.3, -0.25) is 0 Å². The summed E-state index contributed by atoms with van der Waals surface area (Å²) in [7, 11) is 0. The van der Waals surface area contributed by atoms with Crippen LogP contribution in [0.5, 0.6) is 0 Å². The highest BCUT2D eigenvalue weighted by Crippen LogP contribution is 2.26. The standard InChI is InChI=1S/C9H13NO4S/c10-4-3-5(11)8(12)6-1-2-7(15-6)9(13)14/h1-2,5,8,11-12H,3-4,10H2,(H,13,14). The summed E-state index contributed by atoms with van der Waals surface area (Å²) < 4.78 is 0. The number of hydrogen-bond acceptors (Lipinski definition) is 5. The van der Waals surface area contributed by atoms with Crippen LogP contribution in [0.4, 0.5) is 0 Å². The number of aliphatic hydroxyl groups excluding tert-OH is 2. The maximum absolute atomic E-state index is 10.6. The lowest BCUT2D eigenvalue weighted by atomic mass is 10.1. The predicted molar refractivity (Wildman–Crippen MR) is 55.9 cm³/mol. The Morgan fingerprint density at radius 3 is 2.60 bits per heavy atom. The molecular formula is C9H13NO4S. The van der Waals surface area contributed by atoms with Crippen LogP contribution >= 0.6 is 11.3 Å². The molecular weight excluding hydrogens is 218 g/mol. The first-order valence-corrected chi connectivity index (χ1v) is 5.27. The fourth-order valence-electron chi connectivity index (χ4n) is 1.14. The Hall–Kier alpha value is -0.950. The summed E-state index contributed by atoms with van der Waals surface area (Å²) in [6.07, 6.45) is -1.73. The number of carboxylic acids is 1. The van der Waals surface area contributed by atoms with Gasteiger partial charge in [0, 0.05) is 4.88 Å². The second-order valence-corrected chi connectivity index (χ2v) is 4.21. The zero-order valence-electron chi connectivity index (χ0n) is 7.96. The number of rotatable bonds is 5. The minimum absolute atomic E-state index is 0.143. The molecule has 0 bridgehead atoms. The van der Waals surface area contributed by atoms with E-state index in [2.05, 4.69) is 0 Å². The van der Waals surface area contributed by atoms with Crippen LogP contribution in [0.3, 0.4) is 0 Å². The second-order valence-electron chi connectivity index (χ2n) is 3.10. The first kappa shape index (κ1) is 12.1. The molecule has 1 aromatic heterocycles. The van der Waals surface area contributed by atoms with E-state index in [1.54, 1.807) is 0 Å². The van der Waals surface area contributed by atoms with E-state index in [4.69, 9.17) is 10.8 Å². The van der Waals surface area contributed by atoms with Crippen LogP contribution in [0.1, 0.15) is 27.1 Å². The smallest absolute Gasteiger partial charge is 0.345 e. The van der Waals surface area contributed by atoms with Crippen molar-refractivity contribution in [2.75, 3.05) is 6.54 Å². The normalized spacial score (nSPS) is 14.9. The van der Waals surface area contributed by atoms with E-state index in [0.717, 1.165) is 11.3 Å². The summed E-state index contributed by atoms with van der Waals surface area (Å²) in [4.78, 5) is 11.2. The van der Waals surface area contributed by atoms with Crippen LogP contribution in [0, 0.1) is 0 Å². The lowest BCUT2D eigenvalue weighted by molar-refractivity contribution is 0.0171. The van der Waals surface area contributed by atoms with Crippen LogP contribution in [-0.4, -0.2) is 33.9 Å². The molecule has 2 unspecified atom stereocenters. The van der Waals surface area contributed by atoms with Gasteiger partial charge in [-0.2, -0.15) is 0 Å². The zero-order valence-corrected chi connectivity index (χ0v) is 8.78. The van der Waals surface area contributed by atoms with Gasteiger partial charge >= 0.3 is 5.97 Å². The molecule has 1 aromatic rings. The van der Waals surface area contributed by atoms with Crippen molar-refractivity contribution < 1.29 is 20.1 Å². The van der Waals surface area contributed by atoms with Crippen molar-refractivity contribution >= 4 is 17.3 Å². The fourth-order valence-corrected chi connectivity index (χ4v) is 2.04. The number of aromatic carboxylic acids is 1. The van der Waals surface area contributed by atoms with E-state index >= 15 is 0 Å². The van der Waals surface area contributed by atoms with Crippen molar-refractivity contribution in [2.45, 2.75) is 18.6 Å². The molecule has 0 fully saturated rings. The number of carbonyl (C=O) groups is 1. The minimum atomic E-state index is -1.06. The molecule has 6 heteroatoms. The van der Waals surface area contributed by atoms with Crippen molar-refractivity contribution in [3.05, 3.63) is 21.9 Å². The Kier molecular flexibility index (Phi) is 4.22. The van der Waals surface area contributed by atoms with Crippen molar-refractivity contribution in [1.82, 2.24) is 0 Å². The summed E-state index contributed by atoms with van der Waals surface area (Å²) in [5, 5.41) is 27.7. The summed E-state index contributed by atoms with van der Waals surface area (Å²) in [6, 6.07) is 2.90. The van der Waals surface area contributed by atoms with Crippen molar-refractivity contribution in [3.8, 4) is 0 Å². The molecule has 1 rings (SSSR count). The van der Waals surface area contributed by atoms with E-state index in [1.165, 1.54) is 12.1 Å². The lowest BCUT2D eigenvalue weighted by Crippen LogP contribution is -2.20. The van der Waals surface area contributed by atoms with Crippen LogP contribution in [-0.2, 0) is 0 Å². The molecule has 5 nitrogen and oxygen atoms in total. The molecule has 0 spiro atoms. The van der Waals surface area contributed by atoms with Gasteiger partial charge in [-0.15, -0.1) is 11.3 Å². The number of hydrogen-bond donors (Lipinski definition) is 4. The van der Waals surface area contributed by atoms with Gasteiger partial charge in [-0.05, 0) is 25.1 Å². The topological polar surface area (TPSA) is 104 Å².